The first-order chi connectivity index (χ1) is 6.76. The summed E-state index contributed by atoms with van der Waals surface area (Å²) < 4.78 is 10.5. The summed E-state index contributed by atoms with van der Waals surface area (Å²) in [6.07, 6.45) is 0.0135. The Balaban J connectivity index is 2.57. The molecule has 1 aromatic heterocycles. The number of pyridine rings is 1. The van der Waals surface area contributed by atoms with Crippen molar-refractivity contribution in [2.45, 2.75) is 13.0 Å². The third-order valence-corrected chi connectivity index (χ3v) is 1.70. The number of rotatable bonds is 5. The lowest BCUT2D eigenvalue weighted by atomic mass is 10.4. The van der Waals surface area contributed by atoms with Crippen LogP contribution in [-0.4, -0.2) is 31.9 Å². The van der Waals surface area contributed by atoms with Crippen LogP contribution in [0, 0.1) is 0 Å². The highest BCUT2D eigenvalue weighted by molar-refractivity contribution is 5.36. The Bertz CT molecular complexity index is 279. The van der Waals surface area contributed by atoms with Gasteiger partial charge < -0.3 is 14.8 Å². The van der Waals surface area contributed by atoms with Gasteiger partial charge in [0.25, 0.3) is 0 Å². The highest BCUT2D eigenvalue weighted by Gasteiger charge is 2.04. The van der Waals surface area contributed by atoms with Crippen LogP contribution in [0.25, 0.3) is 0 Å². The van der Waals surface area contributed by atoms with Gasteiger partial charge in [0, 0.05) is 20.2 Å². The summed E-state index contributed by atoms with van der Waals surface area (Å²) >= 11 is 0. The van der Waals surface area contributed by atoms with E-state index in [0.29, 0.717) is 12.5 Å². The predicted octanol–water partition coefficient (Wildman–Crippen LogP) is 1.54. The summed E-state index contributed by atoms with van der Waals surface area (Å²) in [6.45, 7) is 2.50. The van der Waals surface area contributed by atoms with Crippen molar-refractivity contribution in [2.24, 2.45) is 0 Å². The summed E-state index contributed by atoms with van der Waals surface area (Å²) in [4.78, 5) is 4.22. The summed E-state index contributed by atoms with van der Waals surface area (Å²) in [5.74, 6) is 1.41. The molecule has 0 aliphatic carbocycles. The Hall–Kier alpha value is -1.29. The molecule has 78 valence electrons. The van der Waals surface area contributed by atoms with E-state index in [0.717, 1.165) is 5.82 Å². The highest BCUT2D eigenvalue weighted by Crippen LogP contribution is 2.12. The van der Waals surface area contributed by atoms with Crippen LogP contribution in [0.1, 0.15) is 6.92 Å². The first-order valence-electron chi connectivity index (χ1n) is 4.56. The van der Waals surface area contributed by atoms with Crippen LogP contribution in [0.15, 0.2) is 18.2 Å². The van der Waals surface area contributed by atoms with E-state index in [-0.39, 0.29) is 6.10 Å². The van der Waals surface area contributed by atoms with Crippen LogP contribution in [0.3, 0.4) is 0 Å². The molecule has 0 radical (unpaired) electrons. The lowest BCUT2D eigenvalue weighted by molar-refractivity contribution is 0.0891. The maximum atomic E-state index is 5.52. The molecule has 4 nitrogen and oxygen atoms in total. The van der Waals surface area contributed by atoms with Gasteiger partial charge >= 0.3 is 0 Å². The molecule has 0 aromatic carbocycles. The van der Waals surface area contributed by atoms with Gasteiger partial charge in [0.15, 0.2) is 0 Å². The molecule has 0 aliphatic heterocycles. The van der Waals surface area contributed by atoms with Crippen molar-refractivity contribution in [1.82, 2.24) is 4.98 Å². The summed E-state index contributed by atoms with van der Waals surface area (Å²) in [7, 11) is 3.47. The molecule has 1 N–H and O–H groups in total. The van der Waals surface area contributed by atoms with E-state index < -0.39 is 0 Å². The van der Waals surface area contributed by atoms with Crippen LogP contribution in [0.2, 0.25) is 0 Å². The van der Waals surface area contributed by atoms with Gasteiger partial charge in [0.2, 0.25) is 5.88 Å². The second-order valence-corrected chi connectivity index (χ2v) is 2.99. The van der Waals surface area contributed by atoms with Gasteiger partial charge in [-0.15, -0.1) is 0 Å². The van der Waals surface area contributed by atoms with Gasteiger partial charge in [-0.25, -0.2) is 0 Å². The molecule has 4 heteroatoms. The zero-order valence-corrected chi connectivity index (χ0v) is 8.78. The number of ether oxygens (including phenoxy) is 2. The number of methoxy groups -OCH3 is 1. The first kappa shape index (κ1) is 10.8. The second-order valence-electron chi connectivity index (χ2n) is 2.99. The largest absolute Gasteiger partial charge is 0.472 e. The average Bonchev–Trinajstić information content (AvgIpc) is 2.18. The standard InChI is InChI=1S/C10H16N2O2/c1-8(7-13-3)14-10-6-4-5-9(11-2)12-10/h4-6,8H,7H2,1-3H3,(H,11,12). The Kier molecular flexibility index (Phi) is 4.19. The molecule has 0 amide bonds. The van der Waals surface area contributed by atoms with Crippen molar-refractivity contribution in [3.05, 3.63) is 18.2 Å². The van der Waals surface area contributed by atoms with Crippen molar-refractivity contribution < 1.29 is 9.47 Å². The van der Waals surface area contributed by atoms with E-state index in [9.17, 15) is 0 Å². The van der Waals surface area contributed by atoms with Crippen molar-refractivity contribution in [1.29, 1.82) is 0 Å². The Morgan fingerprint density at radius 2 is 2.29 bits per heavy atom. The number of anilines is 1. The molecule has 1 heterocycles. The van der Waals surface area contributed by atoms with Crippen molar-refractivity contribution in [3.63, 3.8) is 0 Å². The SMILES string of the molecule is CNc1cccc(OC(C)COC)n1. The lowest BCUT2D eigenvalue weighted by Gasteiger charge is -2.13. The van der Waals surface area contributed by atoms with Crippen molar-refractivity contribution >= 4 is 5.82 Å². The number of nitrogens with zero attached hydrogens (tertiary/aromatic N) is 1. The normalized spacial score (nSPS) is 12.2. The van der Waals surface area contributed by atoms with Gasteiger partial charge in [0.05, 0.1) is 6.61 Å². The highest BCUT2D eigenvalue weighted by atomic mass is 16.5. The van der Waals surface area contributed by atoms with Crippen LogP contribution in [-0.2, 0) is 4.74 Å². The molecule has 1 unspecified atom stereocenters. The summed E-state index contributed by atoms with van der Waals surface area (Å²) in [5.41, 5.74) is 0. The van der Waals surface area contributed by atoms with E-state index in [1.54, 1.807) is 7.11 Å². The molecule has 14 heavy (non-hydrogen) atoms. The molecule has 0 aliphatic rings. The maximum Gasteiger partial charge on any atom is 0.215 e. The zero-order chi connectivity index (χ0) is 10.4. The molecule has 0 bridgehead atoms. The molecule has 0 fully saturated rings. The smallest absolute Gasteiger partial charge is 0.215 e. The fraction of sp³-hybridized carbons (Fsp3) is 0.500. The molecule has 1 rings (SSSR count). The van der Waals surface area contributed by atoms with Gasteiger partial charge in [-0.1, -0.05) is 6.07 Å². The van der Waals surface area contributed by atoms with E-state index in [2.05, 4.69) is 10.3 Å². The number of hydrogen-bond acceptors (Lipinski definition) is 4. The number of hydrogen-bond donors (Lipinski definition) is 1. The zero-order valence-electron chi connectivity index (χ0n) is 8.78. The Morgan fingerprint density at radius 3 is 2.93 bits per heavy atom. The van der Waals surface area contributed by atoms with Crippen molar-refractivity contribution in [3.8, 4) is 5.88 Å². The van der Waals surface area contributed by atoms with E-state index in [4.69, 9.17) is 9.47 Å². The van der Waals surface area contributed by atoms with E-state index in [1.807, 2.05) is 32.2 Å². The maximum absolute atomic E-state index is 5.52. The molecule has 0 saturated carbocycles. The van der Waals surface area contributed by atoms with Gasteiger partial charge in [-0.05, 0) is 13.0 Å². The Morgan fingerprint density at radius 1 is 1.50 bits per heavy atom. The average molecular weight is 196 g/mol. The molecule has 0 spiro atoms. The molecule has 1 aromatic rings. The fourth-order valence-corrected chi connectivity index (χ4v) is 1.09. The number of nitrogens with one attached hydrogen (secondary N) is 1. The van der Waals surface area contributed by atoms with Crippen LogP contribution < -0.4 is 10.1 Å². The third-order valence-electron chi connectivity index (χ3n) is 1.70. The van der Waals surface area contributed by atoms with E-state index in [1.165, 1.54) is 0 Å². The van der Waals surface area contributed by atoms with Gasteiger partial charge in [-0.2, -0.15) is 4.98 Å². The first-order valence-corrected chi connectivity index (χ1v) is 4.56. The fourth-order valence-electron chi connectivity index (χ4n) is 1.09. The minimum absolute atomic E-state index is 0.0135. The molecule has 0 saturated heterocycles. The quantitative estimate of drug-likeness (QED) is 0.775. The molecular weight excluding hydrogens is 180 g/mol. The summed E-state index contributed by atoms with van der Waals surface area (Å²) in [6, 6.07) is 5.61. The monoisotopic (exact) mass is 196 g/mol. The molecular formula is C10H16N2O2. The topological polar surface area (TPSA) is 43.4 Å². The minimum atomic E-state index is 0.0135. The number of aromatic nitrogens is 1. The van der Waals surface area contributed by atoms with Crippen LogP contribution in [0.4, 0.5) is 5.82 Å². The second kappa shape index (κ2) is 5.44. The van der Waals surface area contributed by atoms with Crippen LogP contribution in [0.5, 0.6) is 5.88 Å². The Labute approximate surface area is 84.3 Å². The third kappa shape index (κ3) is 3.22. The van der Waals surface area contributed by atoms with Crippen LogP contribution >= 0.6 is 0 Å². The lowest BCUT2D eigenvalue weighted by Crippen LogP contribution is -2.18. The van der Waals surface area contributed by atoms with E-state index >= 15 is 0 Å². The predicted molar refractivity (Wildman–Crippen MR) is 55.7 cm³/mol. The van der Waals surface area contributed by atoms with Crippen molar-refractivity contribution in [2.75, 3.05) is 26.1 Å². The van der Waals surface area contributed by atoms with Gasteiger partial charge in [-0.3, -0.25) is 0 Å². The summed E-state index contributed by atoms with van der Waals surface area (Å²) in [5, 5.41) is 2.95. The van der Waals surface area contributed by atoms with Gasteiger partial charge in [0.1, 0.15) is 11.9 Å². The minimum Gasteiger partial charge on any atom is -0.472 e. The molecule has 1 atom stereocenters.